The summed E-state index contributed by atoms with van der Waals surface area (Å²) in [7, 11) is 0. The highest BCUT2D eigenvalue weighted by Crippen LogP contribution is 2.33. The van der Waals surface area contributed by atoms with Crippen LogP contribution in [0, 0.1) is 0 Å². The van der Waals surface area contributed by atoms with Gasteiger partial charge in [0.05, 0.1) is 11.2 Å². The Morgan fingerprint density at radius 3 is 2.76 bits per heavy atom. The van der Waals surface area contributed by atoms with Gasteiger partial charge in [0, 0.05) is 36.3 Å². The number of H-pyrrole nitrogens is 1. The molecule has 0 spiro atoms. The summed E-state index contributed by atoms with van der Waals surface area (Å²) in [6, 6.07) is 14.5. The normalized spacial score (nSPS) is 14.6. The Kier molecular flexibility index (Phi) is 3.62. The Labute approximate surface area is 146 Å². The monoisotopic (exact) mass is 334 g/mol. The lowest BCUT2D eigenvalue weighted by molar-refractivity contribution is -0.136. The van der Waals surface area contributed by atoms with Crippen LogP contribution in [0.4, 0.5) is 0 Å². The Bertz CT molecular complexity index is 946. The minimum Gasteiger partial charge on any atom is -0.336 e. The number of nitrogens with zero attached hydrogens (tertiary/aromatic N) is 2. The lowest BCUT2D eigenvalue weighted by Crippen LogP contribution is -2.52. The first-order chi connectivity index (χ1) is 11.9. The summed E-state index contributed by atoms with van der Waals surface area (Å²) >= 11 is 0. The topological polar surface area (TPSA) is 75.0 Å². The molecule has 0 fully saturated rings. The number of hydrogen-bond acceptors (Lipinski definition) is 3. The van der Waals surface area contributed by atoms with Gasteiger partial charge in [-0.3, -0.25) is 9.89 Å². The van der Waals surface area contributed by atoms with Crippen molar-refractivity contribution in [2.45, 2.75) is 32.4 Å². The van der Waals surface area contributed by atoms with E-state index in [1.54, 1.807) is 13.8 Å². The van der Waals surface area contributed by atoms with Gasteiger partial charge in [-0.15, -0.1) is 0 Å². The van der Waals surface area contributed by atoms with Gasteiger partial charge < -0.3 is 10.6 Å². The first kappa shape index (κ1) is 15.8. The fourth-order valence-electron chi connectivity index (χ4n) is 3.53. The van der Waals surface area contributed by atoms with Crippen molar-refractivity contribution in [3.8, 4) is 11.3 Å². The molecule has 5 nitrogen and oxygen atoms in total. The third-order valence-electron chi connectivity index (χ3n) is 4.82. The van der Waals surface area contributed by atoms with E-state index < -0.39 is 5.54 Å². The van der Waals surface area contributed by atoms with Crippen molar-refractivity contribution in [2.75, 3.05) is 6.54 Å². The van der Waals surface area contributed by atoms with Crippen molar-refractivity contribution in [1.82, 2.24) is 15.1 Å². The highest BCUT2D eigenvalue weighted by Gasteiger charge is 2.32. The number of aromatic nitrogens is 2. The van der Waals surface area contributed by atoms with Gasteiger partial charge in [-0.1, -0.05) is 42.5 Å². The van der Waals surface area contributed by atoms with Gasteiger partial charge in [-0.2, -0.15) is 5.10 Å². The maximum Gasteiger partial charge on any atom is 0.242 e. The van der Waals surface area contributed by atoms with Crippen molar-refractivity contribution in [3.63, 3.8) is 0 Å². The third-order valence-corrected chi connectivity index (χ3v) is 4.82. The van der Waals surface area contributed by atoms with E-state index in [1.165, 1.54) is 10.8 Å². The van der Waals surface area contributed by atoms with Gasteiger partial charge in [-0.05, 0) is 24.6 Å². The van der Waals surface area contributed by atoms with Gasteiger partial charge >= 0.3 is 0 Å². The maximum absolute atomic E-state index is 12.6. The van der Waals surface area contributed by atoms with Crippen LogP contribution < -0.4 is 5.73 Å². The highest BCUT2D eigenvalue weighted by atomic mass is 16.2. The molecular formula is C20H22N4O. The predicted molar refractivity (Wildman–Crippen MR) is 98.9 cm³/mol. The van der Waals surface area contributed by atoms with Crippen molar-refractivity contribution in [1.29, 1.82) is 0 Å². The minimum atomic E-state index is -0.860. The van der Waals surface area contributed by atoms with Crippen LogP contribution in [-0.4, -0.2) is 33.1 Å². The molecule has 0 atom stereocenters. The van der Waals surface area contributed by atoms with Crippen molar-refractivity contribution < 1.29 is 4.79 Å². The smallest absolute Gasteiger partial charge is 0.242 e. The number of carbonyl (C=O) groups is 1. The number of benzene rings is 2. The number of fused-ring (bicyclic) bond motifs is 2. The lowest BCUT2D eigenvalue weighted by atomic mass is 9.95. The quantitative estimate of drug-likeness (QED) is 0.757. The third kappa shape index (κ3) is 2.70. The molecular weight excluding hydrogens is 312 g/mol. The summed E-state index contributed by atoms with van der Waals surface area (Å²) in [4.78, 5) is 14.4. The second-order valence-electron chi connectivity index (χ2n) is 7.25. The van der Waals surface area contributed by atoms with Crippen LogP contribution >= 0.6 is 0 Å². The average molecular weight is 334 g/mol. The van der Waals surface area contributed by atoms with Gasteiger partial charge in [0.25, 0.3) is 0 Å². The van der Waals surface area contributed by atoms with Crippen LogP contribution in [0.2, 0.25) is 0 Å². The zero-order valence-corrected chi connectivity index (χ0v) is 14.5. The second kappa shape index (κ2) is 5.70. The van der Waals surface area contributed by atoms with E-state index in [0.29, 0.717) is 13.1 Å². The summed E-state index contributed by atoms with van der Waals surface area (Å²) < 4.78 is 0. The van der Waals surface area contributed by atoms with Crippen LogP contribution in [0.5, 0.6) is 0 Å². The number of nitrogens with one attached hydrogen (secondary N) is 1. The summed E-state index contributed by atoms with van der Waals surface area (Å²) in [5.74, 6) is -0.0248. The zero-order valence-electron chi connectivity index (χ0n) is 14.5. The fourth-order valence-corrected chi connectivity index (χ4v) is 3.53. The molecule has 1 aliphatic heterocycles. The first-order valence-electron chi connectivity index (χ1n) is 8.57. The molecule has 0 bridgehead atoms. The molecule has 0 saturated heterocycles. The summed E-state index contributed by atoms with van der Waals surface area (Å²) in [6.07, 6.45) is 0.773. The molecule has 5 heteroatoms. The Morgan fingerprint density at radius 2 is 1.96 bits per heavy atom. The average Bonchev–Trinajstić information content (AvgIpc) is 3.02. The molecule has 1 amide bonds. The van der Waals surface area contributed by atoms with E-state index in [1.807, 2.05) is 23.1 Å². The molecule has 3 aromatic rings. The molecule has 1 aromatic heterocycles. The second-order valence-corrected chi connectivity index (χ2v) is 7.25. The van der Waals surface area contributed by atoms with Gasteiger partial charge in [-0.25, -0.2) is 0 Å². The summed E-state index contributed by atoms with van der Waals surface area (Å²) in [5, 5.41) is 10.1. The molecule has 128 valence electrons. The minimum absolute atomic E-state index is 0.0248. The van der Waals surface area contributed by atoms with E-state index in [9.17, 15) is 4.79 Å². The Balaban J connectivity index is 1.78. The largest absolute Gasteiger partial charge is 0.336 e. The van der Waals surface area contributed by atoms with E-state index in [-0.39, 0.29) is 5.91 Å². The molecule has 0 aliphatic carbocycles. The van der Waals surface area contributed by atoms with Gasteiger partial charge in [0.15, 0.2) is 0 Å². The van der Waals surface area contributed by atoms with Crippen molar-refractivity contribution in [2.24, 2.45) is 5.73 Å². The first-order valence-corrected chi connectivity index (χ1v) is 8.57. The molecule has 2 aromatic carbocycles. The predicted octanol–water partition coefficient (Wildman–Crippen LogP) is 2.85. The standard InChI is InChI=1S/C20H22N4O/c1-20(2,21)19(25)24-11-10-17-16(12-24)18(23-22-17)15-9-5-7-13-6-3-4-8-14(13)15/h3-9H,10-12,21H2,1-2H3,(H,22,23). The molecule has 0 saturated carbocycles. The van der Waals surface area contributed by atoms with Crippen LogP contribution in [-0.2, 0) is 17.8 Å². The van der Waals surface area contributed by atoms with Crippen LogP contribution in [0.3, 0.4) is 0 Å². The molecule has 0 unspecified atom stereocenters. The number of carbonyl (C=O) groups excluding carboxylic acids is 1. The van der Waals surface area contributed by atoms with Crippen molar-refractivity contribution >= 4 is 16.7 Å². The van der Waals surface area contributed by atoms with Crippen LogP contribution in [0.15, 0.2) is 42.5 Å². The van der Waals surface area contributed by atoms with Gasteiger partial charge in [0.1, 0.15) is 0 Å². The number of nitrogens with two attached hydrogens (primary N) is 1. The Hall–Kier alpha value is -2.66. The molecule has 25 heavy (non-hydrogen) atoms. The van der Waals surface area contributed by atoms with E-state index in [4.69, 9.17) is 5.73 Å². The molecule has 3 N–H and O–H groups in total. The van der Waals surface area contributed by atoms with E-state index in [0.717, 1.165) is 28.9 Å². The zero-order chi connectivity index (χ0) is 17.6. The number of aromatic amines is 1. The molecule has 0 radical (unpaired) electrons. The van der Waals surface area contributed by atoms with Crippen molar-refractivity contribution in [3.05, 3.63) is 53.7 Å². The van der Waals surface area contributed by atoms with Crippen LogP contribution in [0.25, 0.3) is 22.0 Å². The molecule has 1 aliphatic rings. The molecule has 4 rings (SSSR count). The summed E-state index contributed by atoms with van der Waals surface area (Å²) in [6.45, 7) is 4.73. The number of amides is 1. The molecule has 2 heterocycles. The highest BCUT2D eigenvalue weighted by molar-refractivity contribution is 5.96. The Morgan fingerprint density at radius 1 is 1.20 bits per heavy atom. The summed E-state index contributed by atoms with van der Waals surface area (Å²) in [5.41, 5.74) is 9.39. The number of hydrogen-bond donors (Lipinski definition) is 2. The van der Waals surface area contributed by atoms with E-state index >= 15 is 0 Å². The lowest BCUT2D eigenvalue weighted by Gasteiger charge is -2.32. The number of rotatable bonds is 2. The van der Waals surface area contributed by atoms with Gasteiger partial charge in [0.2, 0.25) is 5.91 Å². The maximum atomic E-state index is 12.6. The van der Waals surface area contributed by atoms with E-state index in [2.05, 4.69) is 34.5 Å². The SMILES string of the molecule is CC(C)(N)C(=O)N1CCc2[nH]nc(-c3cccc4ccccc34)c2C1. The fraction of sp³-hybridized carbons (Fsp3) is 0.300. The van der Waals surface area contributed by atoms with Crippen LogP contribution in [0.1, 0.15) is 25.1 Å².